The van der Waals surface area contributed by atoms with Gasteiger partial charge in [-0.05, 0) is 31.2 Å². The third kappa shape index (κ3) is 1.97. The van der Waals surface area contributed by atoms with Crippen molar-refractivity contribution in [2.45, 2.75) is 6.92 Å². The first-order valence-electron chi connectivity index (χ1n) is 5.91. The molecule has 0 spiro atoms. The van der Waals surface area contributed by atoms with Crippen LogP contribution in [0.1, 0.15) is 16.1 Å². The first-order valence-corrected chi connectivity index (χ1v) is 5.91. The van der Waals surface area contributed by atoms with Crippen molar-refractivity contribution in [1.29, 1.82) is 0 Å². The molecule has 3 aromatic rings. The van der Waals surface area contributed by atoms with Gasteiger partial charge in [-0.3, -0.25) is 4.79 Å². The van der Waals surface area contributed by atoms with Gasteiger partial charge in [-0.1, -0.05) is 18.2 Å². The first kappa shape index (κ1) is 11.5. The van der Waals surface area contributed by atoms with Crippen molar-refractivity contribution >= 4 is 16.8 Å². The number of rotatable bonds is 2. The summed E-state index contributed by atoms with van der Waals surface area (Å²) < 4.78 is 5.54. The quantitative estimate of drug-likeness (QED) is 0.762. The van der Waals surface area contributed by atoms with Gasteiger partial charge in [0.1, 0.15) is 11.5 Å². The second-order valence-corrected chi connectivity index (χ2v) is 4.35. The number of nitrogens with zero attached hydrogens (tertiary/aromatic N) is 1. The largest absolute Gasteiger partial charge is 0.460 e. The Balaban J connectivity index is 2.30. The van der Waals surface area contributed by atoms with Crippen LogP contribution in [0.3, 0.4) is 0 Å². The second kappa shape index (κ2) is 4.24. The van der Waals surface area contributed by atoms with Gasteiger partial charge in [-0.15, -0.1) is 0 Å². The predicted molar refractivity (Wildman–Crippen MR) is 72.7 cm³/mol. The van der Waals surface area contributed by atoms with Gasteiger partial charge >= 0.3 is 0 Å². The van der Waals surface area contributed by atoms with E-state index in [1.807, 2.05) is 43.3 Å². The molecule has 0 saturated carbocycles. The van der Waals surface area contributed by atoms with Crippen LogP contribution in [-0.4, -0.2) is 10.9 Å². The van der Waals surface area contributed by atoms with Crippen LogP contribution in [0.25, 0.3) is 22.4 Å². The fourth-order valence-corrected chi connectivity index (χ4v) is 2.08. The number of amides is 1. The number of carbonyl (C=O) groups is 1. The number of primary amides is 1. The Morgan fingerprint density at radius 2 is 2.00 bits per heavy atom. The zero-order valence-electron chi connectivity index (χ0n) is 10.4. The average molecular weight is 252 g/mol. The van der Waals surface area contributed by atoms with Crippen molar-refractivity contribution in [1.82, 2.24) is 4.98 Å². The van der Waals surface area contributed by atoms with E-state index in [-0.39, 0.29) is 0 Å². The fraction of sp³-hybridized carbons (Fsp3) is 0.0667. The minimum Gasteiger partial charge on any atom is -0.460 e. The standard InChI is InChI=1S/C15H12N2O2/c1-9-6-7-14(19-9)13-8-11(15(16)18)10-4-2-3-5-12(10)17-13/h2-8H,1H3,(H2,16,18). The lowest BCUT2D eigenvalue weighted by molar-refractivity contribution is 0.100. The molecular weight excluding hydrogens is 240 g/mol. The highest BCUT2D eigenvalue weighted by atomic mass is 16.3. The van der Waals surface area contributed by atoms with Crippen LogP contribution >= 0.6 is 0 Å². The highest BCUT2D eigenvalue weighted by Crippen LogP contribution is 2.25. The third-order valence-corrected chi connectivity index (χ3v) is 2.97. The molecule has 94 valence electrons. The van der Waals surface area contributed by atoms with E-state index in [1.165, 1.54) is 0 Å². The maximum Gasteiger partial charge on any atom is 0.249 e. The molecule has 3 rings (SSSR count). The molecule has 0 bridgehead atoms. The Kier molecular flexibility index (Phi) is 2.56. The van der Waals surface area contributed by atoms with Crippen LogP contribution in [-0.2, 0) is 0 Å². The van der Waals surface area contributed by atoms with E-state index in [2.05, 4.69) is 4.98 Å². The molecule has 1 amide bonds. The van der Waals surface area contributed by atoms with Crippen molar-refractivity contribution < 1.29 is 9.21 Å². The maximum absolute atomic E-state index is 11.6. The number of fused-ring (bicyclic) bond motifs is 1. The highest BCUT2D eigenvalue weighted by Gasteiger charge is 2.12. The van der Waals surface area contributed by atoms with E-state index in [4.69, 9.17) is 10.2 Å². The molecule has 4 nitrogen and oxygen atoms in total. The lowest BCUT2D eigenvalue weighted by Gasteiger charge is -2.05. The molecular formula is C15H12N2O2. The number of hydrogen-bond donors (Lipinski definition) is 1. The van der Waals surface area contributed by atoms with Gasteiger partial charge in [-0.25, -0.2) is 4.98 Å². The van der Waals surface area contributed by atoms with E-state index in [9.17, 15) is 4.79 Å². The number of aromatic nitrogens is 1. The molecule has 2 heterocycles. The summed E-state index contributed by atoms with van der Waals surface area (Å²) in [5.41, 5.74) is 7.22. The van der Waals surface area contributed by atoms with Gasteiger partial charge in [0.05, 0.1) is 11.1 Å². The summed E-state index contributed by atoms with van der Waals surface area (Å²) in [5.74, 6) is 0.958. The van der Waals surface area contributed by atoms with Gasteiger partial charge in [0.25, 0.3) is 0 Å². The van der Waals surface area contributed by atoms with Crippen molar-refractivity contribution in [2.75, 3.05) is 0 Å². The monoisotopic (exact) mass is 252 g/mol. The highest BCUT2D eigenvalue weighted by molar-refractivity contribution is 6.06. The Morgan fingerprint density at radius 1 is 1.21 bits per heavy atom. The molecule has 0 fully saturated rings. The zero-order chi connectivity index (χ0) is 13.4. The summed E-state index contributed by atoms with van der Waals surface area (Å²) in [6.45, 7) is 1.86. The second-order valence-electron chi connectivity index (χ2n) is 4.35. The Morgan fingerprint density at radius 3 is 2.68 bits per heavy atom. The molecule has 0 aliphatic heterocycles. The zero-order valence-corrected chi connectivity index (χ0v) is 10.4. The van der Waals surface area contributed by atoms with Crippen LogP contribution < -0.4 is 5.73 Å². The van der Waals surface area contributed by atoms with Crippen molar-refractivity contribution in [3.05, 3.63) is 53.8 Å². The topological polar surface area (TPSA) is 69.1 Å². The molecule has 0 saturated heterocycles. The average Bonchev–Trinajstić information content (AvgIpc) is 2.84. The number of aryl methyl sites for hydroxylation is 1. The Hall–Kier alpha value is -2.62. The van der Waals surface area contributed by atoms with E-state index >= 15 is 0 Å². The van der Waals surface area contributed by atoms with Gasteiger partial charge in [0, 0.05) is 5.39 Å². The van der Waals surface area contributed by atoms with Crippen LogP contribution in [0, 0.1) is 6.92 Å². The van der Waals surface area contributed by atoms with Crippen molar-refractivity contribution in [2.24, 2.45) is 5.73 Å². The Labute approximate surface area is 109 Å². The number of pyridine rings is 1. The molecule has 0 unspecified atom stereocenters. The first-order chi connectivity index (χ1) is 9.15. The summed E-state index contributed by atoms with van der Waals surface area (Å²) in [4.78, 5) is 16.1. The van der Waals surface area contributed by atoms with Crippen molar-refractivity contribution in [3.8, 4) is 11.5 Å². The molecule has 0 atom stereocenters. The van der Waals surface area contributed by atoms with E-state index in [0.717, 1.165) is 16.7 Å². The number of hydrogen-bond acceptors (Lipinski definition) is 3. The number of carbonyl (C=O) groups excluding carboxylic acids is 1. The van der Waals surface area contributed by atoms with E-state index in [1.54, 1.807) is 6.07 Å². The lowest BCUT2D eigenvalue weighted by atomic mass is 10.1. The number of benzene rings is 1. The molecule has 19 heavy (non-hydrogen) atoms. The minimum atomic E-state index is -0.469. The summed E-state index contributed by atoms with van der Waals surface area (Å²) >= 11 is 0. The Bertz CT molecular complexity index is 775. The molecule has 4 heteroatoms. The normalized spacial score (nSPS) is 10.8. The smallest absolute Gasteiger partial charge is 0.249 e. The number of nitrogens with two attached hydrogens (primary N) is 1. The number of para-hydroxylation sites is 1. The van der Waals surface area contributed by atoms with Crippen LogP contribution in [0.2, 0.25) is 0 Å². The molecule has 2 N–H and O–H groups in total. The van der Waals surface area contributed by atoms with Gasteiger partial charge in [-0.2, -0.15) is 0 Å². The van der Waals surface area contributed by atoms with Gasteiger partial charge < -0.3 is 10.2 Å². The lowest BCUT2D eigenvalue weighted by Crippen LogP contribution is -2.12. The van der Waals surface area contributed by atoms with Crippen molar-refractivity contribution in [3.63, 3.8) is 0 Å². The SMILES string of the molecule is Cc1ccc(-c2cc(C(N)=O)c3ccccc3n2)o1. The van der Waals surface area contributed by atoms with E-state index < -0.39 is 5.91 Å². The van der Waals surface area contributed by atoms with Crippen LogP contribution in [0.15, 0.2) is 46.9 Å². The molecule has 2 aromatic heterocycles. The fourth-order valence-electron chi connectivity index (χ4n) is 2.08. The summed E-state index contributed by atoms with van der Waals surface area (Å²) in [6, 6.07) is 12.8. The molecule has 0 radical (unpaired) electrons. The summed E-state index contributed by atoms with van der Waals surface area (Å²) in [5, 5.41) is 0.752. The van der Waals surface area contributed by atoms with Crippen LogP contribution in [0.4, 0.5) is 0 Å². The van der Waals surface area contributed by atoms with Gasteiger partial charge in [0.15, 0.2) is 5.76 Å². The molecule has 1 aromatic carbocycles. The van der Waals surface area contributed by atoms with Gasteiger partial charge in [0.2, 0.25) is 5.91 Å². The summed E-state index contributed by atoms with van der Waals surface area (Å²) in [7, 11) is 0. The minimum absolute atomic E-state index is 0.453. The molecule has 0 aliphatic rings. The van der Waals surface area contributed by atoms with E-state index in [0.29, 0.717) is 17.0 Å². The number of furan rings is 1. The molecule has 0 aliphatic carbocycles. The predicted octanol–water partition coefficient (Wildman–Crippen LogP) is 2.90. The maximum atomic E-state index is 11.6. The summed E-state index contributed by atoms with van der Waals surface area (Å²) in [6.07, 6.45) is 0. The third-order valence-electron chi connectivity index (χ3n) is 2.97. The van der Waals surface area contributed by atoms with Crippen LogP contribution in [0.5, 0.6) is 0 Å².